The van der Waals surface area contributed by atoms with E-state index in [1.165, 1.54) is 6.42 Å². The van der Waals surface area contributed by atoms with E-state index in [0.717, 1.165) is 25.9 Å². The third-order valence-electron chi connectivity index (χ3n) is 1.57. The van der Waals surface area contributed by atoms with Gasteiger partial charge in [-0.1, -0.05) is 6.42 Å². The van der Waals surface area contributed by atoms with E-state index in [2.05, 4.69) is 5.43 Å². The lowest BCUT2D eigenvalue weighted by Crippen LogP contribution is -2.41. The van der Waals surface area contributed by atoms with Gasteiger partial charge >= 0.3 is 6.03 Å². The van der Waals surface area contributed by atoms with Crippen molar-refractivity contribution >= 4 is 6.03 Å². The summed E-state index contributed by atoms with van der Waals surface area (Å²) < 4.78 is 0. The molecule has 0 spiro atoms. The fourth-order valence-corrected chi connectivity index (χ4v) is 1.12. The number of hydrogen-bond acceptors (Lipinski definition) is 2. The van der Waals surface area contributed by atoms with Crippen molar-refractivity contribution in [2.45, 2.75) is 19.3 Å². The summed E-state index contributed by atoms with van der Waals surface area (Å²) in [6.07, 6.45) is 3.48. The largest absolute Gasteiger partial charge is 0.350 e. The topological polar surface area (TPSA) is 60.4 Å². The molecule has 4 heteroatoms. The number of hydrogen-bond donors (Lipinski definition) is 1. The number of nitrogens with zero attached hydrogens (tertiary/aromatic N) is 2. The van der Waals surface area contributed by atoms with Gasteiger partial charge in [0.2, 0.25) is 0 Å². The number of carbonyl (C=O) groups excluding carboxylic acids is 1. The summed E-state index contributed by atoms with van der Waals surface area (Å²) in [5, 5.41) is 1.74. The van der Waals surface area contributed by atoms with Crippen molar-refractivity contribution in [3.63, 3.8) is 0 Å². The summed E-state index contributed by atoms with van der Waals surface area (Å²) in [6, 6.07) is -0.582. The van der Waals surface area contributed by atoms with E-state index in [1.54, 1.807) is 5.01 Å². The zero-order valence-corrected chi connectivity index (χ0v) is 5.92. The first-order valence-electron chi connectivity index (χ1n) is 3.55. The first-order valence-corrected chi connectivity index (χ1v) is 3.55. The first kappa shape index (κ1) is 7.34. The minimum Gasteiger partial charge on any atom is -0.349 e. The number of piperidine rings is 1. The number of urea groups is 1. The molecular formula is C6H12N3O. The van der Waals surface area contributed by atoms with E-state index >= 15 is 0 Å². The molecule has 2 amide bonds. The van der Waals surface area contributed by atoms with Crippen molar-refractivity contribution < 1.29 is 4.79 Å². The van der Waals surface area contributed by atoms with E-state index < -0.39 is 6.03 Å². The fraction of sp³-hybridized carbons (Fsp3) is 0.833. The van der Waals surface area contributed by atoms with E-state index in [9.17, 15) is 4.79 Å². The van der Waals surface area contributed by atoms with Crippen LogP contribution in [0.25, 0.3) is 0 Å². The van der Waals surface area contributed by atoms with Crippen LogP contribution in [0, 0.1) is 0 Å². The molecule has 1 radical (unpaired) electrons. The molecule has 1 aliphatic heterocycles. The lowest BCUT2D eigenvalue weighted by Gasteiger charge is -2.22. The number of rotatable bonds is 1. The van der Waals surface area contributed by atoms with Crippen molar-refractivity contribution in [1.82, 2.24) is 10.4 Å². The molecule has 0 aromatic rings. The predicted octanol–water partition coefficient (Wildman–Crippen LogP) is 0.0704. The van der Waals surface area contributed by atoms with Crippen molar-refractivity contribution in [2.75, 3.05) is 13.1 Å². The van der Waals surface area contributed by atoms with E-state index in [-0.39, 0.29) is 0 Å². The summed E-state index contributed by atoms with van der Waals surface area (Å²) in [4.78, 5) is 10.3. The molecule has 0 unspecified atom stereocenters. The summed E-state index contributed by atoms with van der Waals surface area (Å²) in [5.74, 6) is 0. The highest BCUT2D eigenvalue weighted by atomic mass is 16.2. The highest BCUT2D eigenvalue weighted by Gasteiger charge is 2.11. The Hall–Kier alpha value is -0.770. The monoisotopic (exact) mass is 142 g/mol. The molecule has 1 heterocycles. The molecule has 0 aromatic heterocycles. The quantitative estimate of drug-likeness (QED) is 0.563. The Morgan fingerprint density at radius 1 is 1.30 bits per heavy atom. The molecule has 1 fully saturated rings. The van der Waals surface area contributed by atoms with Crippen LogP contribution in [0.15, 0.2) is 0 Å². The van der Waals surface area contributed by atoms with Gasteiger partial charge < -0.3 is 5.73 Å². The lowest BCUT2D eigenvalue weighted by atomic mass is 10.2. The van der Waals surface area contributed by atoms with Crippen molar-refractivity contribution in [3.8, 4) is 0 Å². The summed E-state index contributed by atoms with van der Waals surface area (Å²) in [7, 11) is 0. The molecule has 0 bridgehead atoms. The Kier molecular flexibility index (Phi) is 2.50. The van der Waals surface area contributed by atoms with Gasteiger partial charge in [-0.2, -0.15) is 5.01 Å². The summed E-state index contributed by atoms with van der Waals surface area (Å²) in [5.41, 5.74) is 8.48. The Bertz CT molecular complexity index is 120. The highest BCUT2D eigenvalue weighted by molar-refractivity contribution is 5.70. The maximum Gasteiger partial charge on any atom is 0.350 e. The van der Waals surface area contributed by atoms with E-state index in [1.807, 2.05) is 0 Å². The molecule has 0 aliphatic carbocycles. The van der Waals surface area contributed by atoms with Gasteiger partial charge in [-0.3, -0.25) is 0 Å². The molecule has 10 heavy (non-hydrogen) atoms. The third kappa shape index (κ3) is 2.23. The van der Waals surface area contributed by atoms with Gasteiger partial charge in [-0.05, 0) is 12.8 Å². The zero-order chi connectivity index (χ0) is 7.40. The Morgan fingerprint density at radius 2 is 1.90 bits per heavy atom. The highest BCUT2D eigenvalue weighted by Crippen LogP contribution is 2.05. The predicted molar refractivity (Wildman–Crippen MR) is 37.1 cm³/mol. The summed E-state index contributed by atoms with van der Waals surface area (Å²) in [6.45, 7) is 1.76. The van der Waals surface area contributed by atoms with Gasteiger partial charge in [0.05, 0.1) is 0 Å². The minimum absolute atomic E-state index is 0.582. The number of primary amides is 1. The van der Waals surface area contributed by atoms with Gasteiger partial charge in [-0.15, -0.1) is 5.43 Å². The first-order chi connectivity index (χ1) is 4.79. The Balaban J connectivity index is 2.19. The number of nitrogens with two attached hydrogens (primary N) is 1. The molecule has 1 rings (SSSR count). The van der Waals surface area contributed by atoms with Crippen LogP contribution in [0.1, 0.15) is 19.3 Å². The van der Waals surface area contributed by atoms with Crippen LogP contribution in [0.5, 0.6) is 0 Å². The van der Waals surface area contributed by atoms with Gasteiger partial charge in [0.25, 0.3) is 0 Å². The second-order valence-electron chi connectivity index (χ2n) is 2.45. The number of carbonyl (C=O) groups is 1. The van der Waals surface area contributed by atoms with Crippen LogP contribution in [0.3, 0.4) is 0 Å². The molecule has 0 atom stereocenters. The van der Waals surface area contributed by atoms with Crippen LogP contribution < -0.4 is 11.2 Å². The standard InChI is InChI=1S/C6H12N3O/c7-6(10)8-9-4-2-1-3-5-9/h1-5H2,(H2,7,10). The second kappa shape index (κ2) is 3.41. The van der Waals surface area contributed by atoms with Crippen LogP contribution in [0.4, 0.5) is 4.79 Å². The van der Waals surface area contributed by atoms with Gasteiger partial charge in [0, 0.05) is 13.1 Å². The van der Waals surface area contributed by atoms with E-state index in [4.69, 9.17) is 5.73 Å². The third-order valence-corrected chi connectivity index (χ3v) is 1.57. The van der Waals surface area contributed by atoms with Crippen LogP contribution in [-0.4, -0.2) is 24.1 Å². The molecule has 4 nitrogen and oxygen atoms in total. The zero-order valence-electron chi connectivity index (χ0n) is 5.92. The maximum absolute atomic E-state index is 10.3. The molecule has 1 aliphatic rings. The van der Waals surface area contributed by atoms with Crippen molar-refractivity contribution in [3.05, 3.63) is 0 Å². The Morgan fingerprint density at radius 3 is 2.40 bits per heavy atom. The second-order valence-corrected chi connectivity index (χ2v) is 2.45. The fourth-order valence-electron chi connectivity index (χ4n) is 1.12. The van der Waals surface area contributed by atoms with Crippen LogP contribution in [0.2, 0.25) is 0 Å². The van der Waals surface area contributed by atoms with Crippen LogP contribution >= 0.6 is 0 Å². The lowest BCUT2D eigenvalue weighted by molar-refractivity contribution is 0.155. The smallest absolute Gasteiger partial charge is 0.349 e. The van der Waals surface area contributed by atoms with Gasteiger partial charge in [0.15, 0.2) is 0 Å². The molecule has 0 aromatic carbocycles. The van der Waals surface area contributed by atoms with Crippen molar-refractivity contribution in [2.24, 2.45) is 5.73 Å². The van der Waals surface area contributed by atoms with E-state index in [0.29, 0.717) is 0 Å². The SMILES string of the molecule is NC(=O)[N]N1CCCCC1. The van der Waals surface area contributed by atoms with Crippen LogP contribution in [-0.2, 0) is 0 Å². The van der Waals surface area contributed by atoms with Gasteiger partial charge in [-0.25, -0.2) is 4.79 Å². The van der Waals surface area contributed by atoms with Gasteiger partial charge in [0.1, 0.15) is 0 Å². The molecular weight excluding hydrogens is 130 g/mol. The van der Waals surface area contributed by atoms with Crippen molar-refractivity contribution in [1.29, 1.82) is 0 Å². The normalized spacial score (nSPS) is 20.4. The molecule has 1 saturated heterocycles. The number of amides is 2. The maximum atomic E-state index is 10.3. The average Bonchev–Trinajstić information content (AvgIpc) is 1.88. The molecule has 2 N–H and O–H groups in total. The molecule has 57 valence electrons. The average molecular weight is 142 g/mol. The Labute approximate surface area is 60.3 Å². The summed E-state index contributed by atoms with van der Waals surface area (Å²) >= 11 is 0. The minimum atomic E-state index is -0.582. The molecule has 0 saturated carbocycles.